The van der Waals surface area contributed by atoms with Gasteiger partial charge in [0.2, 0.25) is 0 Å². The lowest BCUT2D eigenvalue weighted by molar-refractivity contribution is -0.138. The number of carbonyl (C=O) groups excluding carboxylic acids is 1. The van der Waals surface area contributed by atoms with Crippen LogP contribution in [0.2, 0.25) is 0 Å². The molecule has 0 saturated heterocycles. The zero-order valence-corrected chi connectivity index (χ0v) is 15.8. The summed E-state index contributed by atoms with van der Waals surface area (Å²) in [6, 6.07) is 0. The van der Waals surface area contributed by atoms with Gasteiger partial charge in [0.05, 0.1) is 13.2 Å². The minimum absolute atomic E-state index is 0.114. The predicted molar refractivity (Wildman–Crippen MR) is 94.7 cm³/mol. The van der Waals surface area contributed by atoms with Gasteiger partial charge in [0.25, 0.3) is 0 Å². The first kappa shape index (κ1) is 23.3. The summed E-state index contributed by atoms with van der Waals surface area (Å²) >= 11 is 0. The van der Waals surface area contributed by atoms with Gasteiger partial charge in [-0.3, -0.25) is 9.05 Å². The minimum atomic E-state index is -4.06. The zero-order chi connectivity index (χ0) is 18.1. The van der Waals surface area contributed by atoms with Crippen LogP contribution in [0, 0.1) is 0 Å². The molecule has 7 heteroatoms. The Kier molecular flexibility index (Phi) is 15.4. The van der Waals surface area contributed by atoms with Crippen molar-refractivity contribution in [2.45, 2.75) is 71.1 Å². The van der Waals surface area contributed by atoms with E-state index in [1.165, 1.54) is 44.9 Å². The lowest BCUT2D eigenvalue weighted by atomic mass is 10.1. The Hall–Kier alpha value is -0.680. The first-order valence-electron chi connectivity index (χ1n) is 8.93. The SMILES string of the molecule is C=CC(=O)OCCOP(=O)(O)OCCCCCCCCCCCC. The number of esters is 1. The highest BCUT2D eigenvalue weighted by Gasteiger charge is 2.20. The molecule has 1 atom stereocenters. The van der Waals surface area contributed by atoms with Crippen LogP contribution in [-0.4, -0.2) is 30.7 Å². The second-order valence-corrected chi connectivity index (χ2v) is 7.14. The molecule has 0 aromatic heterocycles. The van der Waals surface area contributed by atoms with E-state index in [0.717, 1.165) is 25.3 Å². The molecule has 0 fully saturated rings. The Balaban J connectivity index is 3.40. The molecule has 0 aliphatic heterocycles. The quantitative estimate of drug-likeness (QED) is 0.173. The molecule has 0 bridgehead atoms. The van der Waals surface area contributed by atoms with E-state index in [9.17, 15) is 14.3 Å². The van der Waals surface area contributed by atoms with Gasteiger partial charge in [-0.1, -0.05) is 71.3 Å². The van der Waals surface area contributed by atoms with Crippen molar-refractivity contribution in [1.29, 1.82) is 0 Å². The Labute approximate surface area is 146 Å². The predicted octanol–water partition coefficient (Wildman–Crippen LogP) is 4.77. The van der Waals surface area contributed by atoms with Crippen molar-refractivity contribution in [3.63, 3.8) is 0 Å². The molecule has 24 heavy (non-hydrogen) atoms. The van der Waals surface area contributed by atoms with Gasteiger partial charge < -0.3 is 9.63 Å². The fourth-order valence-electron chi connectivity index (χ4n) is 2.16. The zero-order valence-electron chi connectivity index (χ0n) is 14.9. The number of rotatable bonds is 17. The van der Waals surface area contributed by atoms with Crippen molar-refractivity contribution < 1.29 is 28.0 Å². The lowest BCUT2D eigenvalue weighted by Crippen LogP contribution is -2.08. The third kappa shape index (κ3) is 16.2. The maximum absolute atomic E-state index is 11.5. The van der Waals surface area contributed by atoms with Crippen LogP contribution in [0.4, 0.5) is 0 Å². The summed E-state index contributed by atoms with van der Waals surface area (Å²) in [5.74, 6) is -0.599. The topological polar surface area (TPSA) is 82.1 Å². The van der Waals surface area contributed by atoms with Crippen molar-refractivity contribution in [1.82, 2.24) is 0 Å². The van der Waals surface area contributed by atoms with E-state index in [-0.39, 0.29) is 19.8 Å². The van der Waals surface area contributed by atoms with Crippen LogP contribution in [0.5, 0.6) is 0 Å². The second-order valence-electron chi connectivity index (χ2n) is 5.69. The molecule has 142 valence electrons. The summed E-state index contributed by atoms with van der Waals surface area (Å²) in [7, 11) is -4.06. The molecular weight excluding hydrogens is 331 g/mol. The van der Waals surface area contributed by atoms with Gasteiger partial charge in [-0.2, -0.15) is 0 Å². The van der Waals surface area contributed by atoms with Crippen LogP contribution in [0.15, 0.2) is 12.7 Å². The highest BCUT2D eigenvalue weighted by Crippen LogP contribution is 2.43. The molecule has 1 N–H and O–H groups in total. The number of carbonyl (C=O) groups is 1. The van der Waals surface area contributed by atoms with E-state index in [1.54, 1.807) is 0 Å². The number of ether oxygens (including phenoxy) is 1. The highest BCUT2D eigenvalue weighted by molar-refractivity contribution is 7.47. The standard InChI is InChI=1S/C17H33O6P/c1-3-5-6-7-8-9-10-11-12-13-14-22-24(19,20)23-16-15-21-17(18)4-2/h4H,2-3,5-16H2,1H3,(H,19,20). The van der Waals surface area contributed by atoms with Crippen LogP contribution in [0.3, 0.4) is 0 Å². The summed E-state index contributed by atoms with van der Waals surface area (Å²) in [5, 5.41) is 0. The molecule has 6 nitrogen and oxygen atoms in total. The van der Waals surface area contributed by atoms with Gasteiger partial charge in [0.15, 0.2) is 0 Å². The van der Waals surface area contributed by atoms with Crippen molar-refractivity contribution in [3.05, 3.63) is 12.7 Å². The molecule has 0 aromatic rings. The first-order valence-corrected chi connectivity index (χ1v) is 10.4. The van der Waals surface area contributed by atoms with E-state index in [4.69, 9.17) is 9.05 Å². The molecule has 0 rings (SSSR count). The van der Waals surface area contributed by atoms with Crippen LogP contribution in [-0.2, 0) is 23.1 Å². The third-order valence-electron chi connectivity index (χ3n) is 3.50. The second kappa shape index (κ2) is 15.8. The lowest BCUT2D eigenvalue weighted by Gasteiger charge is -2.12. The van der Waals surface area contributed by atoms with E-state index in [2.05, 4.69) is 18.2 Å². The van der Waals surface area contributed by atoms with Gasteiger partial charge in [0.1, 0.15) is 6.61 Å². The Morgan fingerprint density at radius 1 is 0.917 bits per heavy atom. The largest absolute Gasteiger partial charge is 0.472 e. The van der Waals surface area contributed by atoms with Crippen molar-refractivity contribution in [3.8, 4) is 0 Å². The number of phosphoric ester groups is 1. The van der Waals surface area contributed by atoms with Crippen LogP contribution < -0.4 is 0 Å². The van der Waals surface area contributed by atoms with Crippen molar-refractivity contribution >= 4 is 13.8 Å². The number of unbranched alkanes of at least 4 members (excludes halogenated alkanes) is 9. The van der Waals surface area contributed by atoms with Crippen molar-refractivity contribution in [2.24, 2.45) is 0 Å². The van der Waals surface area contributed by atoms with Gasteiger partial charge in [-0.05, 0) is 6.42 Å². The fourth-order valence-corrected chi connectivity index (χ4v) is 2.90. The first-order chi connectivity index (χ1) is 11.5. The number of hydrogen-bond acceptors (Lipinski definition) is 5. The minimum Gasteiger partial charge on any atom is -0.460 e. The molecule has 0 aliphatic rings. The van der Waals surface area contributed by atoms with E-state index in [1.807, 2.05) is 0 Å². The normalized spacial score (nSPS) is 13.4. The molecule has 0 heterocycles. The average molecular weight is 364 g/mol. The van der Waals surface area contributed by atoms with Gasteiger partial charge in [-0.25, -0.2) is 9.36 Å². The Morgan fingerprint density at radius 3 is 1.96 bits per heavy atom. The molecule has 0 aliphatic carbocycles. The fraction of sp³-hybridized carbons (Fsp3) is 0.824. The maximum atomic E-state index is 11.5. The van der Waals surface area contributed by atoms with E-state index < -0.39 is 13.8 Å². The molecule has 0 amide bonds. The van der Waals surface area contributed by atoms with E-state index in [0.29, 0.717) is 0 Å². The molecule has 0 saturated carbocycles. The van der Waals surface area contributed by atoms with Crippen LogP contribution >= 0.6 is 7.82 Å². The Morgan fingerprint density at radius 2 is 1.42 bits per heavy atom. The van der Waals surface area contributed by atoms with Crippen LogP contribution in [0.25, 0.3) is 0 Å². The van der Waals surface area contributed by atoms with Gasteiger partial charge in [-0.15, -0.1) is 0 Å². The Bertz CT molecular complexity index is 372. The van der Waals surface area contributed by atoms with Gasteiger partial charge in [0, 0.05) is 6.08 Å². The van der Waals surface area contributed by atoms with E-state index >= 15 is 0 Å². The molecule has 0 radical (unpaired) electrons. The molecule has 0 spiro atoms. The highest BCUT2D eigenvalue weighted by atomic mass is 31.2. The monoisotopic (exact) mass is 364 g/mol. The summed E-state index contributed by atoms with van der Waals surface area (Å²) < 4.78 is 25.7. The summed E-state index contributed by atoms with van der Waals surface area (Å²) in [6.07, 6.45) is 12.9. The van der Waals surface area contributed by atoms with Crippen molar-refractivity contribution in [2.75, 3.05) is 19.8 Å². The number of hydrogen-bond donors (Lipinski definition) is 1. The molecule has 1 unspecified atom stereocenters. The maximum Gasteiger partial charge on any atom is 0.472 e. The van der Waals surface area contributed by atoms with Gasteiger partial charge >= 0.3 is 13.8 Å². The average Bonchev–Trinajstić information content (AvgIpc) is 2.56. The third-order valence-corrected chi connectivity index (χ3v) is 4.52. The smallest absolute Gasteiger partial charge is 0.460 e. The summed E-state index contributed by atoms with van der Waals surface area (Å²) in [6.45, 7) is 5.34. The molecular formula is C17H33O6P. The summed E-state index contributed by atoms with van der Waals surface area (Å²) in [5.41, 5.74) is 0. The van der Waals surface area contributed by atoms with Crippen LogP contribution in [0.1, 0.15) is 71.1 Å². The number of phosphoric acid groups is 1. The molecule has 0 aromatic carbocycles. The summed E-state index contributed by atoms with van der Waals surface area (Å²) in [4.78, 5) is 20.2.